The van der Waals surface area contributed by atoms with Gasteiger partial charge in [0.25, 0.3) is 0 Å². The maximum absolute atomic E-state index is 10.1. The highest BCUT2D eigenvalue weighted by Crippen LogP contribution is 2.29. The molecule has 1 saturated heterocycles. The van der Waals surface area contributed by atoms with Gasteiger partial charge in [0.1, 0.15) is 25.0 Å². The van der Waals surface area contributed by atoms with E-state index < -0.39 is 0 Å². The Balaban J connectivity index is 1.43. The van der Waals surface area contributed by atoms with Crippen molar-refractivity contribution in [3.05, 3.63) is 42.0 Å². The Morgan fingerprint density at radius 2 is 1.91 bits per heavy atom. The lowest BCUT2D eigenvalue weighted by Gasteiger charge is -2.25. The molecule has 1 aliphatic heterocycles. The van der Waals surface area contributed by atoms with Gasteiger partial charge in [-0.15, -0.1) is 0 Å². The van der Waals surface area contributed by atoms with Crippen molar-refractivity contribution in [3.8, 4) is 5.75 Å². The zero-order valence-electron chi connectivity index (χ0n) is 13.3. The van der Waals surface area contributed by atoms with Gasteiger partial charge in [0, 0.05) is 5.92 Å². The molecule has 1 heterocycles. The molecule has 1 aliphatic carbocycles. The number of likely N-dealkylation sites (tertiary alicyclic amines) is 1. The summed E-state index contributed by atoms with van der Waals surface area (Å²) in [4.78, 5) is 1.52. The summed E-state index contributed by atoms with van der Waals surface area (Å²) in [6, 6.07) is 8.36. The number of aliphatic hydroxyl groups is 1. The fourth-order valence-electron chi connectivity index (χ4n) is 3.56. The molecule has 3 heteroatoms. The zero-order valence-corrected chi connectivity index (χ0v) is 13.3. The van der Waals surface area contributed by atoms with Crippen LogP contribution in [0.15, 0.2) is 36.4 Å². The van der Waals surface area contributed by atoms with E-state index in [2.05, 4.69) is 24.3 Å². The molecule has 3 rings (SSSR count). The van der Waals surface area contributed by atoms with Crippen molar-refractivity contribution in [3.63, 3.8) is 0 Å². The molecule has 2 aliphatic rings. The van der Waals surface area contributed by atoms with Crippen LogP contribution in [0.25, 0.3) is 0 Å². The summed E-state index contributed by atoms with van der Waals surface area (Å²) in [5.74, 6) is 1.43. The van der Waals surface area contributed by atoms with Crippen LogP contribution in [-0.4, -0.2) is 37.5 Å². The van der Waals surface area contributed by atoms with Crippen LogP contribution in [0.4, 0.5) is 0 Å². The van der Waals surface area contributed by atoms with E-state index in [1.54, 1.807) is 0 Å². The number of hydrogen-bond acceptors (Lipinski definition) is 2. The van der Waals surface area contributed by atoms with Crippen molar-refractivity contribution >= 4 is 0 Å². The first-order valence-electron chi connectivity index (χ1n) is 8.72. The number of hydrogen-bond donors (Lipinski definition) is 2. The molecule has 2 atom stereocenters. The highest BCUT2D eigenvalue weighted by molar-refractivity contribution is 5.32. The second kappa shape index (κ2) is 7.80. The maximum Gasteiger partial charge on any atom is 0.137 e. The Kier molecular flexibility index (Phi) is 5.52. The van der Waals surface area contributed by atoms with Gasteiger partial charge >= 0.3 is 0 Å². The van der Waals surface area contributed by atoms with Gasteiger partial charge in [-0.3, -0.25) is 0 Å². The second-order valence-electron chi connectivity index (χ2n) is 6.66. The van der Waals surface area contributed by atoms with E-state index in [0.717, 1.165) is 12.3 Å². The number of aliphatic hydroxyl groups excluding tert-OH is 1. The summed E-state index contributed by atoms with van der Waals surface area (Å²) >= 11 is 0. The van der Waals surface area contributed by atoms with E-state index in [1.807, 2.05) is 12.1 Å². The molecule has 3 nitrogen and oxygen atoms in total. The van der Waals surface area contributed by atoms with Crippen LogP contribution in [0.5, 0.6) is 5.75 Å². The third-order valence-corrected chi connectivity index (χ3v) is 4.85. The molecule has 0 unspecified atom stereocenters. The quantitative estimate of drug-likeness (QED) is 0.787. The molecule has 1 aromatic rings. The molecule has 0 saturated carbocycles. The number of quaternary nitrogens is 1. The van der Waals surface area contributed by atoms with Crippen LogP contribution in [0.3, 0.4) is 0 Å². The van der Waals surface area contributed by atoms with Crippen LogP contribution in [-0.2, 0) is 0 Å². The number of nitrogens with one attached hydrogen (secondary N) is 1. The van der Waals surface area contributed by atoms with Crippen molar-refractivity contribution in [2.45, 2.75) is 44.1 Å². The van der Waals surface area contributed by atoms with E-state index in [-0.39, 0.29) is 6.10 Å². The first kappa shape index (κ1) is 15.6. The summed E-state index contributed by atoms with van der Waals surface area (Å²) in [7, 11) is 0. The van der Waals surface area contributed by atoms with Crippen LogP contribution in [0.2, 0.25) is 0 Å². The molecule has 0 bridgehead atoms. The predicted octanol–water partition coefficient (Wildman–Crippen LogP) is 1.93. The SMILES string of the molecule is O[C@H](COc1ccc([C@H]2C=CCC2)cc1)C[NH+]1CCCCC1. The largest absolute Gasteiger partial charge is 0.491 e. The number of piperidine rings is 1. The topological polar surface area (TPSA) is 33.9 Å². The van der Waals surface area contributed by atoms with E-state index in [1.165, 1.54) is 55.7 Å². The molecular weight excluding hydrogens is 274 g/mol. The maximum atomic E-state index is 10.1. The standard InChI is InChI=1S/C19H27NO2/c21-18(14-20-12-4-1-5-13-20)15-22-19-10-8-17(9-11-19)16-6-2-3-7-16/h2,6,8-11,16,18,21H,1,3-5,7,12-15H2/p+1/t16-,18-/m0/s1. The minimum Gasteiger partial charge on any atom is -0.491 e. The molecule has 1 aromatic carbocycles. The summed E-state index contributed by atoms with van der Waals surface area (Å²) in [6.07, 6.45) is 10.5. The van der Waals surface area contributed by atoms with Gasteiger partial charge in [-0.05, 0) is 49.8 Å². The third-order valence-electron chi connectivity index (χ3n) is 4.85. The zero-order chi connectivity index (χ0) is 15.2. The smallest absolute Gasteiger partial charge is 0.137 e. The Morgan fingerprint density at radius 1 is 1.14 bits per heavy atom. The molecule has 0 radical (unpaired) electrons. The lowest BCUT2D eigenvalue weighted by Crippen LogP contribution is -3.14. The lowest BCUT2D eigenvalue weighted by molar-refractivity contribution is -0.908. The van der Waals surface area contributed by atoms with Gasteiger partial charge in [-0.1, -0.05) is 24.3 Å². The molecular formula is C19H28NO2+. The molecule has 1 fully saturated rings. The molecule has 120 valence electrons. The van der Waals surface area contributed by atoms with Gasteiger partial charge in [0.05, 0.1) is 13.1 Å². The summed E-state index contributed by atoms with van der Waals surface area (Å²) < 4.78 is 5.75. The van der Waals surface area contributed by atoms with Crippen LogP contribution >= 0.6 is 0 Å². The average Bonchev–Trinajstić information content (AvgIpc) is 3.09. The van der Waals surface area contributed by atoms with Crippen molar-refractivity contribution in [2.24, 2.45) is 0 Å². The number of benzene rings is 1. The summed E-state index contributed by atoms with van der Waals surface area (Å²) in [6.45, 7) is 3.60. The van der Waals surface area contributed by atoms with Crippen LogP contribution in [0.1, 0.15) is 43.6 Å². The number of allylic oxidation sites excluding steroid dienone is 2. The minimum atomic E-state index is -0.370. The number of rotatable bonds is 6. The van der Waals surface area contributed by atoms with Crippen molar-refractivity contribution in [2.75, 3.05) is 26.2 Å². The normalized spacial score (nSPS) is 23.6. The van der Waals surface area contributed by atoms with E-state index in [9.17, 15) is 5.11 Å². The van der Waals surface area contributed by atoms with Gasteiger partial charge < -0.3 is 14.7 Å². The number of ether oxygens (including phenoxy) is 1. The van der Waals surface area contributed by atoms with E-state index in [4.69, 9.17) is 4.74 Å². The Morgan fingerprint density at radius 3 is 2.59 bits per heavy atom. The molecule has 2 N–H and O–H groups in total. The lowest BCUT2D eigenvalue weighted by atomic mass is 9.99. The molecule has 0 amide bonds. The van der Waals surface area contributed by atoms with Crippen LogP contribution < -0.4 is 9.64 Å². The third kappa shape index (κ3) is 4.34. The van der Waals surface area contributed by atoms with Gasteiger partial charge in [-0.25, -0.2) is 0 Å². The minimum absolute atomic E-state index is 0.370. The summed E-state index contributed by atoms with van der Waals surface area (Å²) in [5, 5.41) is 10.1. The second-order valence-corrected chi connectivity index (χ2v) is 6.66. The average molecular weight is 302 g/mol. The first-order valence-corrected chi connectivity index (χ1v) is 8.72. The highest BCUT2D eigenvalue weighted by Gasteiger charge is 2.18. The molecule has 0 aromatic heterocycles. The fraction of sp³-hybridized carbons (Fsp3) is 0.579. The Labute approximate surface area is 133 Å². The highest BCUT2D eigenvalue weighted by atomic mass is 16.5. The van der Waals surface area contributed by atoms with E-state index >= 15 is 0 Å². The van der Waals surface area contributed by atoms with E-state index in [0.29, 0.717) is 12.5 Å². The monoisotopic (exact) mass is 302 g/mol. The first-order chi connectivity index (χ1) is 10.8. The Bertz CT molecular complexity index is 477. The van der Waals surface area contributed by atoms with Gasteiger partial charge in [0.15, 0.2) is 0 Å². The van der Waals surface area contributed by atoms with Gasteiger partial charge in [0.2, 0.25) is 0 Å². The van der Waals surface area contributed by atoms with Crippen molar-refractivity contribution in [1.82, 2.24) is 0 Å². The van der Waals surface area contributed by atoms with Crippen LogP contribution in [0, 0.1) is 0 Å². The Hall–Kier alpha value is -1.32. The summed E-state index contributed by atoms with van der Waals surface area (Å²) in [5.41, 5.74) is 1.36. The predicted molar refractivity (Wildman–Crippen MR) is 88.5 cm³/mol. The molecule has 22 heavy (non-hydrogen) atoms. The van der Waals surface area contributed by atoms with Gasteiger partial charge in [-0.2, -0.15) is 0 Å². The van der Waals surface area contributed by atoms with Crippen molar-refractivity contribution in [1.29, 1.82) is 0 Å². The fourth-order valence-corrected chi connectivity index (χ4v) is 3.56. The van der Waals surface area contributed by atoms with Crippen molar-refractivity contribution < 1.29 is 14.7 Å². The molecule has 0 spiro atoms.